The van der Waals surface area contributed by atoms with E-state index in [9.17, 15) is 8.76 Å². The van der Waals surface area contributed by atoms with Crippen molar-refractivity contribution in [3.63, 3.8) is 0 Å². The van der Waals surface area contributed by atoms with E-state index in [2.05, 4.69) is 74.4 Å². The number of hydrogen-bond acceptors (Lipinski definition) is 5. The van der Waals surface area contributed by atoms with Crippen LogP contribution in [0.2, 0.25) is 0 Å². The van der Waals surface area contributed by atoms with Crippen LogP contribution < -0.4 is 9.64 Å². The largest absolute Gasteiger partial charge is 0.768 e. The van der Waals surface area contributed by atoms with Crippen LogP contribution >= 0.6 is 0 Å². The van der Waals surface area contributed by atoms with Gasteiger partial charge in [-0.3, -0.25) is 4.21 Å². The zero-order valence-electron chi connectivity index (χ0n) is 25.6. The third-order valence-corrected chi connectivity index (χ3v) is 8.69. The van der Waals surface area contributed by atoms with Crippen LogP contribution in [0.5, 0.6) is 5.75 Å². The summed E-state index contributed by atoms with van der Waals surface area (Å²) in [5, 5.41) is 0. The van der Waals surface area contributed by atoms with Gasteiger partial charge in [0, 0.05) is 37.8 Å². The zero-order chi connectivity index (χ0) is 29.6. The average molecular weight is 578 g/mol. The van der Waals surface area contributed by atoms with Crippen molar-refractivity contribution in [2.24, 2.45) is 0 Å². The number of benzene rings is 3. The molecule has 5 nitrogen and oxygen atoms in total. The van der Waals surface area contributed by atoms with Crippen molar-refractivity contribution < 1.29 is 13.5 Å². The van der Waals surface area contributed by atoms with Gasteiger partial charge >= 0.3 is 0 Å². The predicted octanol–water partition coefficient (Wildman–Crippen LogP) is 8.03. The van der Waals surface area contributed by atoms with Crippen LogP contribution in [0.3, 0.4) is 0 Å². The first-order valence-electron chi connectivity index (χ1n) is 15.1. The standard InChI is InChI=1S/C35H50N2O3S/c1-6-7-8-9-10-17-22-30(36(2)3)23-25-32(40-33-27-31(37(4)5)24-26-34(33)41(38)39)35(28-18-13-11-14-19-28)29-20-15-12-16-21-29/h11-16,18-21,24,26-27,30,32,35H,6-10,17,22-23,25H2,1-5H3,(H,38,39)/p-1. The monoisotopic (exact) mass is 577 g/mol. The Morgan fingerprint density at radius 1 is 0.756 bits per heavy atom. The molecule has 0 spiro atoms. The Morgan fingerprint density at radius 3 is 1.88 bits per heavy atom. The Balaban J connectivity index is 1.95. The van der Waals surface area contributed by atoms with Crippen LogP contribution in [0.15, 0.2) is 83.8 Å². The fourth-order valence-corrected chi connectivity index (χ4v) is 6.03. The third-order valence-electron chi connectivity index (χ3n) is 8.00. The van der Waals surface area contributed by atoms with Gasteiger partial charge < -0.3 is 19.1 Å². The van der Waals surface area contributed by atoms with Gasteiger partial charge in [0.1, 0.15) is 11.9 Å². The van der Waals surface area contributed by atoms with E-state index < -0.39 is 11.1 Å². The molecule has 3 atom stereocenters. The second-order valence-electron chi connectivity index (χ2n) is 11.5. The SMILES string of the molecule is CCCCCCCCC(CCC(Oc1cc(N(C)C)ccc1S(=O)[O-])C(c1ccccc1)c1ccccc1)N(C)C. The summed E-state index contributed by atoms with van der Waals surface area (Å²) >= 11 is -2.41. The summed E-state index contributed by atoms with van der Waals surface area (Å²) in [5.41, 5.74) is 3.22. The van der Waals surface area contributed by atoms with Crippen molar-refractivity contribution in [2.45, 2.75) is 87.7 Å². The van der Waals surface area contributed by atoms with Crippen LogP contribution in [0.4, 0.5) is 5.69 Å². The molecule has 0 aliphatic carbocycles. The number of ether oxygens (including phenoxy) is 1. The van der Waals surface area contributed by atoms with Gasteiger partial charge in [0.2, 0.25) is 0 Å². The lowest BCUT2D eigenvalue weighted by atomic mass is 9.83. The van der Waals surface area contributed by atoms with Gasteiger partial charge in [-0.1, -0.05) is 106 Å². The molecule has 0 aromatic heterocycles. The maximum atomic E-state index is 12.3. The van der Waals surface area contributed by atoms with E-state index in [1.165, 1.54) is 38.5 Å². The summed E-state index contributed by atoms with van der Waals surface area (Å²) in [6.07, 6.45) is 10.4. The molecule has 3 aromatic rings. The van der Waals surface area contributed by atoms with Gasteiger partial charge in [0.15, 0.2) is 0 Å². The molecule has 0 amide bonds. The van der Waals surface area contributed by atoms with Gasteiger partial charge in [0.05, 0.1) is 4.90 Å². The molecule has 0 bridgehead atoms. The molecule has 224 valence electrons. The average Bonchev–Trinajstić information content (AvgIpc) is 2.97. The number of nitrogens with zero attached hydrogens (tertiary/aromatic N) is 2. The molecule has 0 saturated heterocycles. The van der Waals surface area contributed by atoms with Crippen molar-refractivity contribution in [1.29, 1.82) is 0 Å². The minimum atomic E-state index is -2.41. The summed E-state index contributed by atoms with van der Waals surface area (Å²) in [6, 6.07) is 26.7. The van der Waals surface area contributed by atoms with Crippen molar-refractivity contribution in [2.75, 3.05) is 33.1 Å². The summed E-state index contributed by atoms with van der Waals surface area (Å²) in [4.78, 5) is 4.50. The normalized spacial score (nSPS) is 13.8. The lowest BCUT2D eigenvalue weighted by Crippen LogP contribution is -2.33. The van der Waals surface area contributed by atoms with Crippen LogP contribution in [-0.4, -0.2) is 54.0 Å². The molecule has 0 aliphatic rings. The third kappa shape index (κ3) is 10.3. The number of unbranched alkanes of at least 4 members (excludes halogenated alkanes) is 5. The highest BCUT2D eigenvalue weighted by atomic mass is 32.2. The molecule has 41 heavy (non-hydrogen) atoms. The first-order valence-corrected chi connectivity index (χ1v) is 16.2. The Morgan fingerprint density at radius 2 is 1.34 bits per heavy atom. The van der Waals surface area contributed by atoms with Gasteiger partial charge in [-0.25, -0.2) is 0 Å². The smallest absolute Gasteiger partial charge is 0.136 e. The quantitative estimate of drug-likeness (QED) is 0.113. The minimum absolute atomic E-state index is 0.0507. The van der Waals surface area contributed by atoms with Crippen molar-refractivity contribution >= 4 is 16.8 Å². The molecule has 0 radical (unpaired) electrons. The highest BCUT2D eigenvalue weighted by Crippen LogP contribution is 2.36. The maximum Gasteiger partial charge on any atom is 0.136 e. The molecule has 0 aliphatic heterocycles. The highest BCUT2D eigenvalue weighted by Gasteiger charge is 2.29. The first kappa shape index (κ1) is 32.8. The van der Waals surface area contributed by atoms with Crippen LogP contribution in [0.25, 0.3) is 0 Å². The first-order chi connectivity index (χ1) is 19.8. The van der Waals surface area contributed by atoms with Crippen LogP contribution in [0.1, 0.15) is 81.8 Å². The van der Waals surface area contributed by atoms with E-state index in [0.29, 0.717) is 11.8 Å². The molecule has 0 fully saturated rings. The fraction of sp³-hybridized carbons (Fsp3) is 0.486. The van der Waals surface area contributed by atoms with Gasteiger partial charge in [-0.05, 0) is 67.7 Å². The molecule has 3 aromatic carbocycles. The van der Waals surface area contributed by atoms with Gasteiger partial charge in [0.25, 0.3) is 0 Å². The van der Waals surface area contributed by atoms with Crippen LogP contribution in [-0.2, 0) is 11.1 Å². The van der Waals surface area contributed by atoms with E-state index in [0.717, 1.165) is 36.1 Å². The summed E-state index contributed by atoms with van der Waals surface area (Å²) in [6.45, 7) is 2.26. The van der Waals surface area contributed by atoms with Crippen molar-refractivity contribution in [3.05, 3.63) is 90.0 Å². The summed E-state index contributed by atoms with van der Waals surface area (Å²) in [7, 11) is 8.24. The Kier molecular flexibility index (Phi) is 13.9. The number of anilines is 1. The minimum Gasteiger partial charge on any atom is -0.768 e. The second-order valence-corrected chi connectivity index (χ2v) is 12.4. The Labute approximate surface area is 251 Å². The molecular formula is C35H49N2O3S-. The maximum absolute atomic E-state index is 12.3. The fourth-order valence-electron chi connectivity index (χ4n) is 5.58. The van der Waals surface area contributed by atoms with E-state index in [-0.39, 0.29) is 16.9 Å². The molecule has 0 N–H and O–H groups in total. The number of rotatable bonds is 18. The molecule has 6 heteroatoms. The number of hydrogen-bond donors (Lipinski definition) is 0. The second kappa shape index (κ2) is 17.3. The highest BCUT2D eigenvalue weighted by molar-refractivity contribution is 7.79. The summed E-state index contributed by atoms with van der Waals surface area (Å²) in [5.74, 6) is 0.355. The zero-order valence-corrected chi connectivity index (χ0v) is 26.4. The molecule has 3 unspecified atom stereocenters. The van der Waals surface area contributed by atoms with E-state index >= 15 is 0 Å². The van der Waals surface area contributed by atoms with Crippen molar-refractivity contribution in [1.82, 2.24) is 4.90 Å². The van der Waals surface area contributed by atoms with Crippen molar-refractivity contribution in [3.8, 4) is 5.75 Å². The lowest BCUT2D eigenvalue weighted by Gasteiger charge is -2.33. The van der Waals surface area contributed by atoms with E-state index in [1.54, 1.807) is 6.07 Å². The van der Waals surface area contributed by atoms with Crippen LogP contribution in [0, 0.1) is 0 Å². The predicted molar refractivity (Wildman–Crippen MR) is 172 cm³/mol. The molecule has 3 rings (SSSR count). The molecule has 0 heterocycles. The van der Waals surface area contributed by atoms with E-state index in [4.69, 9.17) is 4.74 Å². The lowest BCUT2D eigenvalue weighted by molar-refractivity contribution is 0.146. The van der Waals surface area contributed by atoms with Gasteiger partial charge in [-0.15, -0.1) is 0 Å². The Bertz CT molecular complexity index is 1130. The van der Waals surface area contributed by atoms with E-state index in [1.807, 2.05) is 43.3 Å². The molecular weight excluding hydrogens is 528 g/mol. The topological polar surface area (TPSA) is 55.8 Å². The summed E-state index contributed by atoms with van der Waals surface area (Å²) < 4.78 is 31.4. The Hall–Kier alpha value is -2.67. The van der Waals surface area contributed by atoms with Gasteiger partial charge in [-0.2, -0.15) is 0 Å². The molecule has 0 saturated carbocycles.